The van der Waals surface area contributed by atoms with Crippen molar-refractivity contribution in [3.8, 4) is 5.75 Å². The van der Waals surface area contributed by atoms with Crippen molar-refractivity contribution in [2.24, 2.45) is 0 Å². The van der Waals surface area contributed by atoms with E-state index in [4.69, 9.17) is 4.74 Å². The molecule has 2 aromatic rings. The van der Waals surface area contributed by atoms with Crippen LogP contribution in [0.3, 0.4) is 0 Å². The molecule has 0 aliphatic rings. The van der Waals surface area contributed by atoms with Crippen molar-refractivity contribution in [1.29, 1.82) is 0 Å². The molecule has 1 unspecified atom stereocenters. The van der Waals surface area contributed by atoms with Gasteiger partial charge in [-0.15, -0.1) is 0 Å². The molecule has 0 bridgehead atoms. The minimum Gasteiger partial charge on any atom is -0.494 e. The molecule has 0 fully saturated rings. The molecule has 0 heterocycles. The Morgan fingerprint density at radius 1 is 1.29 bits per heavy atom. The van der Waals surface area contributed by atoms with Gasteiger partial charge in [-0.1, -0.05) is 41.1 Å². The van der Waals surface area contributed by atoms with Gasteiger partial charge in [0, 0.05) is 10.0 Å². The summed E-state index contributed by atoms with van der Waals surface area (Å²) in [6, 6.07) is 11.1. The summed E-state index contributed by atoms with van der Waals surface area (Å²) in [6.45, 7) is 4.78. The van der Waals surface area contributed by atoms with Crippen LogP contribution in [0.15, 0.2) is 40.9 Å². The Kier molecular flexibility index (Phi) is 5.37. The number of benzene rings is 2. The minimum atomic E-state index is -0.316. The molecule has 0 aliphatic heterocycles. The summed E-state index contributed by atoms with van der Waals surface area (Å²) in [5.74, 6) is -0.0503. The van der Waals surface area contributed by atoms with E-state index in [-0.39, 0.29) is 17.6 Å². The van der Waals surface area contributed by atoms with Gasteiger partial charge in [-0.3, -0.25) is 0 Å². The third kappa shape index (κ3) is 3.63. The Labute approximate surface area is 133 Å². The molecule has 112 valence electrons. The maximum atomic E-state index is 14.6. The van der Waals surface area contributed by atoms with Gasteiger partial charge in [0.05, 0.1) is 13.2 Å². The summed E-state index contributed by atoms with van der Waals surface area (Å²) >= 11 is 3.51. The highest BCUT2D eigenvalue weighted by atomic mass is 79.9. The molecule has 0 aromatic heterocycles. The van der Waals surface area contributed by atoms with E-state index in [2.05, 4.69) is 27.3 Å². The fourth-order valence-electron chi connectivity index (χ4n) is 2.45. The standard InChI is InChI=1S/C17H19BrFNO/c1-4-20-17(12-8-11(2)9-13(18)10-12)14-6-5-7-15(21-3)16(14)19/h5-10,17,20H,4H2,1-3H3. The maximum Gasteiger partial charge on any atom is 0.170 e. The molecule has 0 radical (unpaired) electrons. The first-order valence-electron chi connectivity index (χ1n) is 6.89. The van der Waals surface area contributed by atoms with Crippen molar-refractivity contribution in [3.05, 3.63) is 63.4 Å². The largest absolute Gasteiger partial charge is 0.494 e. The average molecular weight is 352 g/mol. The zero-order valence-corrected chi connectivity index (χ0v) is 14.0. The second kappa shape index (κ2) is 7.05. The molecule has 1 atom stereocenters. The lowest BCUT2D eigenvalue weighted by Crippen LogP contribution is -2.23. The molecule has 0 aliphatic carbocycles. The number of halogens is 2. The molecule has 0 saturated heterocycles. The third-order valence-corrected chi connectivity index (χ3v) is 3.79. The van der Waals surface area contributed by atoms with Crippen molar-refractivity contribution in [2.45, 2.75) is 19.9 Å². The number of hydrogen-bond donors (Lipinski definition) is 1. The van der Waals surface area contributed by atoms with Gasteiger partial charge in [-0.05, 0) is 42.8 Å². The van der Waals surface area contributed by atoms with E-state index < -0.39 is 0 Å². The highest BCUT2D eigenvalue weighted by Gasteiger charge is 2.20. The maximum absolute atomic E-state index is 14.6. The van der Waals surface area contributed by atoms with Gasteiger partial charge >= 0.3 is 0 Å². The number of nitrogens with one attached hydrogen (secondary N) is 1. The van der Waals surface area contributed by atoms with Crippen LogP contribution in [0.1, 0.15) is 29.7 Å². The monoisotopic (exact) mass is 351 g/mol. The van der Waals surface area contributed by atoms with Crippen molar-refractivity contribution in [1.82, 2.24) is 5.32 Å². The second-order valence-corrected chi connectivity index (χ2v) is 5.83. The smallest absolute Gasteiger partial charge is 0.170 e. The molecular weight excluding hydrogens is 333 g/mol. The summed E-state index contributed by atoms with van der Waals surface area (Å²) in [6.07, 6.45) is 0. The van der Waals surface area contributed by atoms with Crippen LogP contribution in [0, 0.1) is 12.7 Å². The van der Waals surface area contributed by atoms with Gasteiger partial charge in [-0.25, -0.2) is 4.39 Å². The number of methoxy groups -OCH3 is 1. The van der Waals surface area contributed by atoms with Gasteiger partial charge in [-0.2, -0.15) is 0 Å². The molecule has 2 rings (SSSR count). The van der Waals surface area contributed by atoms with Gasteiger partial charge in [0.25, 0.3) is 0 Å². The van der Waals surface area contributed by atoms with Crippen LogP contribution >= 0.6 is 15.9 Å². The minimum absolute atomic E-state index is 0.207. The van der Waals surface area contributed by atoms with E-state index in [1.807, 2.05) is 32.0 Å². The molecule has 4 heteroatoms. The summed E-state index contributed by atoms with van der Waals surface area (Å²) in [5, 5.41) is 3.35. The number of rotatable bonds is 5. The van der Waals surface area contributed by atoms with Crippen molar-refractivity contribution in [2.75, 3.05) is 13.7 Å². The number of hydrogen-bond acceptors (Lipinski definition) is 2. The molecule has 1 N–H and O–H groups in total. The highest BCUT2D eigenvalue weighted by Crippen LogP contribution is 2.31. The van der Waals surface area contributed by atoms with Crippen molar-refractivity contribution in [3.63, 3.8) is 0 Å². The Morgan fingerprint density at radius 3 is 2.67 bits per heavy atom. The SMILES string of the molecule is CCNC(c1cc(C)cc(Br)c1)c1cccc(OC)c1F. The predicted octanol–water partition coefficient (Wildman–Crippen LogP) is 4.60. The average Bonchev–Trinajstić information content (AvgIpc) is 2.44. The van der Waals surface area contributed by atoms with Crippen LogP contribution in [0.4, 0.5) is 4.39 Å². The molecular formula is C17H19BrFNO. The van der Waals surface area contributed by atoms with Gasteiger partial charge < -0.3 is 10.1 Å². The van der Waals surface area contributed by atoms with Gasteiger partial charge in [0.1, 0.15) is 0 Å². The van der Waals surface area contributed by atoms with Crippen LogP contribution in [0.2, 0.25) is 0 Å². The molecule has 2 aromatic carbocycles. The molecule has 21 heavy (non-hydrogen) atoms. The molecule has 0 saturated carbocycles. The normalized spacial score (nSPS) is 12.2. The fraction of sp³-hybridized carbons (Fsp3) is 0.294. The van der Waals surface area contributed by atoms with E-state index >= 15 is 0 Å². The lowest BCUT2D eigenvalue weighted by molar-refractivity contribution is 0.381. The van der Waals surface area contributed by atoms with Crippen LogP contribution < -0.4 is 10.1 Å². The summed E-state index contributed by atoms with van der Waals surface area (Å²) in [5.41, 5.74) is 2.75. The van der Waals surface area contributed by atoms with Crippen LogP contribution in [-0.2, 0) is 0 Å². The zero-order chi connectivity index (χ0) is 15.4. The van der Waals surface area contributed by atoms with Crippen LogP contribution in [-0.4, -0.2) is 13.7 Å². The van der Waals surface area contributed by atoms with Gasteiger partial charge in [0.2, 0.25) is 0 Å². The van der Waals surface area contributed by atoms with Crippen LogP contribution in [0.25, 0.3) is 0 Å². The lowest BCUT2D eigenvalue weighted by Gasteiger charge is -2.21. The Balaban J connectivity index is 2.53. The Bertz CT molecular complexity index is 610. The number of ether oxygens (including phenoxy) is 1. The number of aryl methyl sites for hydroxylation is 1. The van der Waals surface area contributed by atoms with Gasteiger partial charge in [0.15, 0.2) is 11.6 Å². The van der Waals surface area contributed by atoms with E-state index in [9.17, 15) is 4.39 Å². The first kappa shape index (κ1) is 16.0. The van der Waals surface area contributed by atoms with Crippen molar-refractivity contribution < 1.29 is 9.13 Å². The molecule has 0 spiro atoms. The Morgan fingerprint density at radius 2 is 2.05 bits per heavy atom. The zero-order valence-electron chi connectivity index (χ0n) is 12.4. The summed E-state index contributed by atoms with van der Waals surface area (Å²) in [7, 11) is 1.48. The lowest BCUT2D eigenvalue weighted by atomic mass is 9.96. The van der Waals surface area contributed by atoms with E-state index in [0.29, 0.717) is 5.56 Å². The quantitative estimate of drug-likeness (QED) is 0.849. The third-order valence-electron chi connectivity index (χ3n) is 3.33. The van der Waals surface area contributed by atoms with E-state index in [1.54, 1.807) is 12.1 Å². The summed E-state index contributed by atoms with van der Waals surface area (Å²) in [4.78, 5) is 0. The molecule has 0 amide bonds. The summed E-state index contributed by atoms with van der Waals surface area (Å²) < 4.78 is 20.6. The Hall–Kier alpha value is -1.39. The topological polar surface area (TPSA) is 21.3 Å². The van der Waals surface area contributed by atoms with E-state index in [1.165, 1.54) is 7.11 Å². The molecule has 2 nitrogen and oxygen atoms in total. The fourth-order valence-corrected chi connectivity index (χ4v) is 3.08. The predicted molar refractivity (Wildman–Crippen MR) is 87.4 cm³/mol. The first-order chi connectivity index (χ1) is 10.1. The van der Waals surface area contributed by atoms with Crippen LogP contribution in [0.5, 0.6) is 5.75 Å². The highest BCUT2D eigenvalue weighted by molar-refractivity contribution is 9.10. The van der Waals surface area contributed by atoms with Crippen molar-refractivity contribution >= 4 is 15.9 Å². The first-order valence-corrected chi connectivity index (χ1v) is 7.69. The second-order valence-electron chi connectivity index (χ2n) is 4.92. The van der Waals surface area contributed by atoms with E-state index in [0.717, 1.165) is 22.1 Å².